The average Bonchev–Trinajstić information content (AvgIpc) is 3.45. The molecule has 2 fully saturated rings. The van der Waals surface area contributed by atoms with E-state index in [0.717, 1.165) is 4.90 Å². The van der Waals surface area contributed by atoms with E-state index >= 15 is 0 Å². The molecular weight excluding hydrogens is 434 g/mol. The van der Waals surface area contributed by atoms with E-state index in [2.05, 4.69) is 0 Å². The normalized spacial score (nSPS) is 24.6. The van der Waals surface area contributed by atoms with Crippen LogP contribution in [0.4, 0.5) is 5.69 Å². The van der Waals surface area contributed by atoms with Crippen LogP contribution in [0.25, 0.3) is 0 Å². The molecule has 0 aromatic heterocycles. The molecule has 7 nitrogen and oxygen atoms in total. The van der Waals surface area contributed by atoms with Crippen molar-refractivity contribution in [2.24, 2.45) is 11.8 Å². The highest BCUT2D eigenvalue weighted by molar-refractivity contribution is 6.37. The van der Waals surface area contributed by atoms with Crippen molar-refractivity contribution in [1.29, 1.82) is 0 Å². The van der Waals surface area contributed by atoms with E-state index in [4.69, 9.17) is 9.47 Å². The first-order valence-electron chi connectivity index (χ1n) is 10.9. The monoisotopic (exact) mass is 453 g/mol. The molecule has 1 aliphatic carbocycles. The van der Waals surface area contributed by atoms with E-state index in [1.807, 2.05) is 6.07 Å². The standard InChI is InChI=1S/C27H19NO6/c1-33-17-13-11-16(12-14-17)28-25(31)20-21(26(28)32)27(34-22(20)15-7-3-2-4-8-15)23(29)18-9-5-6-10-19(18)24(27)30/h2-14,20-22H,1H3/t20-,21+,22-/m0/s1. The maximum Gasteiger partial charge on any atom is 0.241 e. The van der Waals surface area contributed by atoms with E-state index in [9.17, 15) is 19.2 Å². The number of benzene rings is 3. The summed E-state index contributed by atoms with van der Waals surface area (Å²) < 4.78 is 11.4. The van der Waals surface area contributed by atoms with Gasteiger partial charge in [-0.05, 0) is 29.8 Å². The Labute approximate surface area is 194 Å². The van der Waals surface area contributed by atoms with E-state index in [1.165, 1.54) is 7.11 Å². The number of Topliss-reactive ketones (excluding diaryl/α,β-unsaturated/α-hetero) is 2. The molecule has 0 saturated carbocycles. The highest BCUT2D eigenvalue weighted by Crippen LogP contribution is 2.57. The number of fused-ring (bicyclic) bond motifs is 3. The fraction of sp³-hybridized carbons (Fsp3) is 0.185. The van der Waals surface area contributed by atoms with Gasteiger partial charge in [-0.2, -0.15) is 0 Å². The van der Waals surface area contributed by atoms with Gasteiger partial charge in [0.1, 0.15) is 5.75 Å². The number of ether oxygens (including phenoxy) is 2. The van der Waals surface area contributed by atoms with Gasteiger partial charge in [0.2, 0.25) is 29.0 Å². The molecule has 2 amide bonds. The fourth-order valence-corrected chi connectivity index (χ4v) is 5.45. The summed E-state index contributed by atoms with van der Waals surface area (Å²) in [5, 5.41) is 0. The fourth-order valence-electron chi connectivity index (χ4n) is 5.45. The van der Waals surface area contributed by atoms with Gasteiger partial charge in [0.25, 0.3) is 0 Å². The zero-order valence-corrected chi connectivity index (χ0v) is 18.1. The molecule has 168 valence electrons. The number of hydrogen-bond donors (Lipinski definition) is 0. The Morgan fingerprint density at radius 2 is 1.35 bits per heavy atom. The van der Waals surface area contributed by atoms with Crippen LogP contribution < -0.4 is 9.64 Å². The molecule has 3 aromatic rings. The van der Waals surface area contributed by atoms with E-state index in [1.54, 1.807) is 72.8 Å². The van der Waals surface area contributed by atoms with E-state index < -0.39 is 46.9 Å². The van der Waals surface area contributed by atoms with Crippen LogP contribution in [0, 0.1) is 11.8 Å². The first-order valence-corrected chi connectivity index (χ1v) is 10.9. The van der Waals surface area contributed by atoms with Crippen molar-refractivity contribution >= 4 is 29.1 Å². The molecule has 0 unspecified atom stereocenters. The van der Waals surface area contributed by atoms with Crippen LogP contribution in [-0.2, 0) is 14.3 Å². The molecule has 3 atom stereocenters. The van der Waals surface area contributed by atoms with Crippen LogP contribution in [0.2, 0.25) is 0 Å². The Morgan fingerprint density at radius 3 is 1.94 bits per heavy atom. The minimum Gasteiger partial charge on any atom is -0.497 e. The van der Waals surface area contributed by atoms with Gasteiger partial charge in [0.05, 0.1) is 30.7 Å². The molecule has 1 spiro atoms. The zero-order chi connectivity index (χ0) is 23.6. The zero-order valence-electron chi connectivity index (χ0n) is 18.1. The number of methoxy groups -OCH3 is 1. The van der Waals surface area contributed by atoms with Crippen molar-refractivity contribution in [2.75, 3.05) is 12.0 Å². The van der Waals surface area contributed by atoms with Gasteiger partial charge in [0, 0.05) is 11.1 Å². The van der Waals surface area contributed by atoms with Crippen molar-refractivity contribution in [1.82, 2.24) is 0 Å². The Morgan fingerprint density at radius 1 is 0.765 bits per heavy atom. The first kappa shape index (κ1) is 20.5. The molecule has 0 N–H and O–H groups in total. The number of carbonyl (C=O) groups excluding carboxylic acids is 4. The summed E-state index contributed by atoms with van der Waals surface area (Å²) in [5.41, 5.74) is -0.666. The number of nitrogens with zero attached hydrogens (tertiary/aromatic N) is 1. The molecule has 2 aliphatic heterocycles. The number of rotatable bonds is 3. The molecule has 2 saturated heterocycles. The lowest BCUT2D eigenvalue weighted by Crippen LogP contribution is -2.51. The Balaban J connectivity index is 1.52. The minimum absolute atomic E-state index is 0.211. The third-order valence-electron chi connectivity index (χ3n) is 6.98. The third kappa shape index (κ3) is 2.50. The van der Waals surface area contributed by atoms with Gasteiger partial charge in [0.15, 0.2) is 0 Å². The molecule has 7 heteroatoms. The predicted octanol–water partition coefficient (Wildman–Crippen LogP) is 3.39. The smallest absolute Gasteiger partial charge is 0.241 e. The number of imide groups is 1. The quantitative estimate of drug-likeness (QED) is 0.446. The number of anilines is 1. The lowest BCUT2D eigenvalue weighted by atomic mass is 9.77. The van der Waals surface area contributed by atoms with Crippen LogP contribution >= 0.6 is 0 Å². The number of carbonyl (C=O) groups is 4. The van der Waals surface area contributed by atoms with Gasteiger partial charge in [-0.3, -0.25) is 19.2 Å². The second kappa shape index (κ2) is 7.20. The number of ketones is 2. The summed E-state index contributed by atoms with van der Waals surface area (Å²) in [4.78, 5) is 56.0. The highest BCUT2D eigenvalue weighted by Gasteiger charge is 2.74. The van der Waals surface area contributed by atoms with Crippen LogP contribution in [0.5, 0.6) is 5.75 Å². The van der Waals surface area contributed by atoms with Crippen LogP contribution in [0.15, 0.2) is 78.9 Å². The molecule has 6 rings (SSSR count). The Bertz CT molecular complexity index is 1330. The van der Waals surface area contributed by atoms with Gasteiger partial charge in [-0.15, -0.1) is 0 Å². The van der Waals surface area contributed by atoms with E-state index in [-0.39, 0.29) is 11.1 Å². The van der Waals surface area contributed by atoms with Gasteiger partial charge in [-0.1, -0.05) is 54.6 Å². The summed E-state index contributed by atoms with van der Waals surface area (Å²) >= 11 is 0. The van der Waals surface area contributed by atoms with Gasteiger partial charge < -0.3 is 9.47 Å². The third-order valence-corrected chi connectivity index (χ3v) is 6.98. The summed E-state index contributed by atoms with van der Waals surface area (Å²) in [7, 11) is 1.52. The summed E-state index contributed by atoms with van der Waals surface area (Å²) in [6, 6.07) is 21.9. The van der Waals surface area contributed by atoms with Crippen molar-refractivity contribution in [3.63, 3.8) is 0 Å². The van der Waals surface area contributed by atoms with Crippen molar-refractivity contribution in [2.45, 2.75) is 11.7 Å². The maximum absolute atomic E-state index is 13.8. The molecule has 3 aromatic carbocycles. The summed E-state index contributed by atoms with van der Waals surface area (Å²) in [6.45, 7) is 0. The van der Waals surface area contributed by atoms with Crippen LogP contribution in [0.1, 0.15) is 32.4 Å². The van der Waals surface area contributed by atoms with Crippen LogP contribution in [0.3, 0.4) is 0 Å². The molecule has 0 radical (unpaired) electrons. The summed E-state index contributed by atoms with van der Waals surface area (Å²) in [5.74, 6) is -3.96. The predicted molar refractivity (Wildman–Crippen MR) is 121 cm³/mol. The van der Waals surface area contributed by atoms with Crippen molar-refractivity contribution in [3.8, 4) is 5.75 Å². The molecule has 0 bridgehead atoms. The second-order valence-corrected chi connectivity index (χ2v) is 8.60. The van der Waals surface area contributed by atoms with Gasteiger partial charge in [-0.25, -0.2) is 4.90 Å². The highest BCUT2D eigenvalue weighted by atomic mass is 16.5. The first-order chi connectivity index (χ1) is 16.5. The van der Waals surface area contributed by atoms with Crippen molar-refractivity contribution in [3.05, 3.63) is 95.6 Å². The summed E-state index contributed by atoms with van der Waals surface area (Å²) in [6.07, 6.45) is -0.923. The lowest BCUT2D eigenvalue weighted by molar-refractivity contribution is -0.127. The topological polar surface area (TPSA) is 90.0 Å². The molecule has 34 heavy (non-hydrogen) atoms. The molecule has 2 heterocycles. The van der Waals surface area contributed by atoms with Crippen molar-refractivity contribution < 1.29 is 28.7 Å². The molecular formula is C27H19NO6. The van der Waals surface area contributed by atoms with E-state index in [0.29, 0.717) is 17.0 Å². The second-order valence-electron chi connectivity index (χ2n) is 8.60. The largest absolute Gasteiger partial charge is 0.497 e. The number of amides is 2. The SMILES string of the molecule is COc1ccc(N2C(=O)[C@@H]3[C@H](c4ccccc4)OC4(C(=O)c5ccccc5C4=O)[C@H]3C2=O)cc1. The molecule has 3 aliphatic rings. The van der Waals surface area contributed by atoms with Crippen LogP contribution in [-0.4, -0.2) is 36.1 Å². The lowest BCUT2D eigenvalue weighted by Gasteiger charge is -2.27. The Hall–Kier alpha value is -4.10. The Kier molecular flexibility index (Phi) is 4.34. The minimum atomic E-state index is -2.07. The maximum atomic E-state index is 13.8. The van der Waals surface area contributed by atoms with Gasteiger partial charge >= 0.3 is 0 Å². The number of hydrogen-bond acceptors (Lipinski definition) is 6. The average molecular weight is 453 g/mol.